The summed E-state index contributed by atoms with van der Waals surface area (Å²) in [4.78, 5) is 2.60. The number of hydrogen-bond acceptors (Lipinski definition) is 4. The highest BCUT2D eigenvalue weighted by Crippen LogP contribution is 2.52. The van der Waals surface area contributed by atoms with E-state index in [0.717, 1.165) is 51.6 Å². The molecule has 0 amide bonds. The molecule has 0 bridgehead atoms. The Kier molecular flexibility index (Phi) is 9.49. The number of fused-ring (bicyclic) bond motifs is 1. The first-order valence-electron chi connectivity index (χ1n) is 12.5. The highest BCUT2D eigenvalue weighted by atomic mass is 16.5. The number of aliphatic hydroxyl groups excluding tert-OH is 1. The maximum absolute atomic E-state index is 11.3. The summed E-state index contributed by atoms with van der Waals surface area (Å²) in [5, 5.41) is 21.5. The maximum Gasteiger partial charge on any atom is 0.0763 e. The summed E-state index contributed by atoms with van der Waals surface area (Å²) in [5.41, 5.74) is -0.613. The van der Waals surface area contributed by atoms with Crippen LogP contribution in [-0.2, 0) is 4.74 Å². The molecule has 0 aromatic carbocycles. The Morgan fingerprint density at radius 3 is 2.72 bits per heavy atom. The summed E-state index contributed by atoms with van der Waals surface area (Å²) in [5.74, 6) is 0.550. The molecule has 2 aliphatic carbocycles. The molecule has 2 unspecified atom stereocenters. The fourth-order valence-electron chi connectivity index (χ4n) is 5.81. The zero-order chi connectivity index (χ0) is 20.5. The highest BCUT2D eigenvalue weighted by molar-refractivity contribution is 5.12. The van der Waals surface area contributed by atoms with E-state index in [-0.39, 0.29) is 18.1 Å². The van der Waals surface area contributed by atoms with E-state index in [1.807, 2.05) is 6.08 Å². The smallest absolute Gasteiger partial charge is 0.0763 e. The van der Waals surface area contributed by atoms with Crippen molar-refractivity contribution in [3.05, 3.63) is 12.2 Å². The fraction of sp³-hybridized carbons (Fsp3) is 0.920. The zero-order valence-electron chi connectivity index (χ0n) is 18.7. The quantitative estimate of drug-likeness (QED) is 0.364. The summed E-state index contributed by atoms with van der Waals surface area (Å²) in [6.07, 6.45) is 18.6. The number of likely N-dealkylation sites (tertiary alicyclic amines) is 1. The van der Waals surface area contributed by atoms with Gasteiger partial charge in [0.05, 0.1) is 17.8 Å². The number of rotatable bonds is 12. The molecule has 29 heavy (non-hydrogen) atoms. The second-order valence-corrected chi connectivity index (χ2v) is 9.86. The Hall–Kier alpha value is -0.420. The normalized spacial score (nSPS) is 34.1. The second kappa shape index (κ2) is 11.8. The molecule has 0 aromatic rings. The number of piperidine rings is 1. The van der Waals surface area contributed by atoms with Gasteiger partial charge in [0.25, 0.3) is 0 Å². The van der Waals surface area contributed by atoms with E-state index in [4.69, 9.17) is 4.74 Å². The van der Waals surface area contributed by atoms with Crippen LogP contribution in [-0.4, -0.2) is 59.2 Å². The van der Waals surface area contributed by atoms with Crippen molar-refractivity contribution in [3.63, 3.8) is 0 Å². The van der Waals surface area contributed by atoms with E-state index < -0.39 is 5.60 Å². The average molecular weight is 408 g/mol. The van der Waals surface area contributed by atoms with Gasteiger partial charge in [-0.05, 0) is 76.9 Å². The topological polar surface area (TPSA) is 52.9 Å². The molecule has 1 heterocycles. The van der Waals surface area contributed by atoms with Crippen LogP contribution in [0.15, 0.2) is 12.2 Å². The van der Waals surface area contributed by atoms with Gasteiger partial charge in [-0.2, -0.15) is 0 Å². The van der Waals surface area contributed by atoms with Crippen LogP contribution in [0.5, 0.6) is 0 Å². The minimum absolute atomic E-state index is 0.182. The molecule has 1 aliphatic heterocycles. The van der Waals surface area contributed by atoms with Crippen LogP contribution < -0.4 is 0 Å². The Bertz CT molecular complexity index is 490. The molecule has 2 N–H and O–H groups in total. The van der Waals surface area contributed by atoms with Crippen LogP contribution in [0.4, 0.5) is 0 Å². The standard InChI is InChI=1S/C25H45NO3/c1-2-3-5-10-23(27)14-13-21-11-12-22-19-24(20-25(21,22)28)29-18-9-8-17-26-15-6-4-7-16-26/h13-14,21-24,27-28H,2-12,15-20H2,1H3/t21-,22-,23?,24?,25-/m1/s1. The lowest BCUT2D eigenvalue weighted by molar-refractivity contribution is -0.0216. The van der Waals surface area contributed by atoms with Gasteiger partial charge in [0.1, 0.15) is 0 Å². The molecular formula is C25H45NO3. The van der Waals surface area contributed by atoms with Crippen molar-refractivity contribution in [2.45, 2.75) is 108 Å². The van der Waals surface area contributed by atoms with Crippen LogP contribution in [0.1, 0.15) is 90.4 Å². The van der Waals surface area contributed by atoms with Gasteiger partial charge in [-0.1, -0.05) is 44.8 Å². The van der Waals surface area contributed by atoms with Crippen LogP contribution in [0.3, 0.4) is 0 Å². The SMILES string of the molecule is CCCCCC(O)C=C[C@H]1CC[C@@H]2CC(OCCCCN3CCCCC3)C[C@]21O. The third kappa shape index (κ3) is 6.78. The lowest BCUT2D eigenvalue weighted by Crippen LogP contribution is -2.35. The molecule has 4 heteroatoms. The molecule has 0 radical (unpaired) electrons. The Morgan fingerprint density at radius 2 is 1.93 bits per heavy atom. The van der Waals surface area contributed by atoms with Crippen molar-refractivity contribution >= 4 is 0 Å². The predicted octanol–water partition coefficient (Wildman–Crippen LogP) is 4.69. The van der Waals surface area contributed by atoms with Crippen molar-refractivity contribution in [3.8, 4) is 0 Å². The molecule has 168 valence electrons. The molecule has 3 rings (SSSR count). The second-order valence-electron chi connectivity index (χ2n) is 9.86. The van der Waals surface area contributed by atoms with Crippen LogP contribution in [0.2, 0.25) is 0 Å². The molecule has 1 saturated heterocycles. The minimum Gasteiger partial charge on any atom is -0.389 e. The Morgan fingerprint density at radius 1 is 1.10 bits per heavy atom. The van der Waals surface area contributed by atoms with Crippen LogP contribution in [0.25, 0.3) is 0 Å². The van der Waals surface area contributed by atoms with Crippen molar-refractivity contribution in [2.24, 2.45) is 11.8 Å². The molecule has 5 atom stereocenters. The number of hydrogen-bond donors (Lipinski definition) is 2. The van der Waals surface area contributed by atoms with Gasteiger partial charge in [-0.25, -0.2) is 0 Å². The molecule has 3 fully saturated rings. The summed E-state index contributed by atoms with van der Waals surface area (Å²) in [7, 11) is 0. The van der Waals surface area contributed by atoms with Crippen LogP contribution >= 0.6 is 0 Å². The first kappa shape index (κ1) is 23.2. The van der Waals surface area contributed by atoms with Crippen molar-refractivity contribution in [1.29, 1.82) is 0 Å². The van der Waals surface area contributed by atoms with E-state index >= 15 is 0 Å². The first-order valence-corrected chi connectivity index (χ1v) is 12.5. The lowest BCUT2D eigenvalue weighted by Gasteiger charge is -2.28. The minimum atomic E-state index is -0.613. The number of unbranched alkanes of at least 4 members (excludes halogenated alkanes) is 3. The number of ether oxygens (including phenoxy) is 1. The molecule has 4 nitrogen and oxygen atoms in total. The van der Waals surface area contributed by atoms with E-state index in [2.05, 4.69) is 17.9 Å². The molecule has 3 aliphatic rings. The van der Waals surface area contributed by atoms with E-state index in [1.54, 1.807) is 0 Å². The number of nitrogens with zero attached hydrogens (tertiary/aromatic N) is 1. The predicted molar refractivity (Wildman–Crippen MR) is 119 cm³/mol. The first-order chi connectivity index (χ1) is 14.1. The van der Waals surface area contributed by atoms with Crippen molar-refractivity contribution in [2.75, 3.05) is 26.2 Å². The summed E-state index contributed by atoms with van der Waals surface area (Å²) < 4.78 is 6.18. The van der Waals surface area contributed by atoms with Crippen molar-refractivity contribution in [1.82, 2.24) is 4.90 Å². The van der Waals surface area contributed by atoms with Gasteiger partial charge in [0, 0.05) is 18.9 Å². The van der Waals surface area contributed by atoms with Gasteiger partial charge in [-0.3, -0.25) is 0 Å². The van der Waals surface area contributed by atoms with Gasteiger partial charge in [0.2, 0.25) is 0 Å². The zero-order valence-corrected chi connectivity index (χ0v) is 18.7. The average Bonchev–Trinajstić information content (AvgIpc) is 3.20. The Labute approximate surface area is 178 Å². The van der Waals surface area contributed by atoms with Crippen LogP contribution in [0, 0.1) is 11.8 Å². The molecular weight excluding hydrogens is 362 g/mol. The van der Waals surface area contributed by atoms with Crippen molar-refractivity contribution < 1.29 is 14.9 Å². The maximum atomic E-state index is 11.3. The summed E-state index contributed by atoms with van der Waals surface area (Å²) in [6.45, 7) is 6.79. The monoisotopic (exact) mass is 407 g/mol. The summed E-state index contributed by atoms with van der Waals surface area (Å²) in [6, 6.07) is 0. The molecule has 0 spiro atoms. The van der Waals surface area contributed by atoms with E-state index in [1.165, 1.54) is 58.2 Å². The largest absolute Gasteiger partial charge is 0.389 e. The third-order valence-electron chi connectivity index (χ3n) is 7.62. The third-order valence-corrected chi connectivity index (χ3v) is 7.62. The van der Waals surface area contributed by atoms with Gasteiger partial charge in [-0.15, -0.1) is 0 Å². The lowest BCUT2D eigenvalue weighted by atomic mass is 9.86. The molecule has 0 aromatic heterocycles. The highest BCUT2D eigenvalue weighted by Gasteiger charge is 2.54. The Balaban J connectivity index is 1.34. The van der Waals surface area contributed by atoms with Gasteiger partial charge >= 0.3 is 0 Å². The van der Waals surface area contributed by atoms with Gasteiger partial charge in [0.15, 0.2) is 0 Å². The summed E-state index contributed by atoms with van der Waals surface area (Å²) >= 11 is 0. The molecule has 2 saturated carbocycles. The van der Waals surface area contributed by atoms with E-state index in [0.29, 0.717) is 5.92 Å². The number of aliphatic hydroxyl groups is 2. The van der Waals surface area contributed by atoms with E-state index in [9.17, 15) is 10.2 Å². The van der Waals surface area contributed by atoms with Gasteiger partial charge < -0.3 is 19.8 Å². The fourth-order valence-corrected chi connectivity index (χ4v) is 5.81.